The fraction of sp³-hybridized carbons (Fsp3) is 0.429. The molecule has 0 heterocycles. The van der Waals surface area contributed by atoms with E-state index in [2.05, 4.69) is 11.5 Å². The second-order valence-corrected chi connectivity index (χ2v) is 2.22. The zero-order valence-corrected chi connectivity index (χ0v) is 7.49. The van der Waals surface area contributed by atoms with Crippen molar-refractivity contribution in [1.29, 1.82) is 0 Å². The van der Waals surface area contributed by atoms with Crippen molar-refractivity contribution in [2.45, 2.75) is 20.3 Å². The lowest BCUT2D eigenvalue weighted by Gasteiger charge is -1.82. The first-order chi connectivity index (χ1) is 5.77. The highest BCUT2D eigenvalue weighted by molar-refractivity contribution is 6.35. The summed E-state index contributed by atoms with van der Waals surface area (Å²) in [7, 11) is 0. The number of hydrogen-bond acceptors (Lipinski definition) is 4. The molecule has 0 rings (SSSR count). The van der Waals surface area contributed by atoms with Gasteiger partial charge in [-0.05, 0) is 0 Å². The molecule has 0 aliphatic heterocycles. The molecule has 0 aromatic rings. The minimum atomic E-state index is -0.687. The molecular weight excluding hydrogens is 176 g/mol. The quantitative estimate of drug-likeness (QED) is 0.414. The molecule has 2 amide bonds. The lowest BCUT2D eigenvalue weighted by Crippen LogP contribution is -2.21. The van der Waals surface area contributed by atoms with Crippen LogP contribution in [0.4, 0.5) is 0 Å². The molecular formula is C7H12N2O4. The third kappa shape index (κ3) is 17.9. The van der Waals surface area contributed by atoms with Crippen LogP contribution in [-0.2, 0) is 19.2 Å². The predicted molar refractivity (Wildman–Crippen MR) is 44.4 cm³/mol. The van der Waals surface area contributed by atoms with Crippen LogP contribution in [0.5, 0.6) is 0 Å². The van der Waals surface area contributed by atoms with Crippen LogP contribution in [0.25, 0.3) is 0 Å². The first-order valence-electron chi connectivity index (χ1n) is 3.35. The minimum Gasteiger partial charge on any atom is -0.369 e. The molecule has 74 valence electrons. The third-order valence-corrected chi connectivity index (χ3v) is 0.844. The lowest BCUT2D eigenvalue weighted by molar-refractivity contribution is -0.134. The maximum atomic E-state index is 9.79. The van der Waals surface area contributed by atoms with E-state index in [0.717, 1.165) is 0 Å². The van der Waals surface area contributed by atoms with E-state index < -0.39 is 11.8 Å². The molecule has 0 aromatic heterocycles. The zero-order valence-electron chi connectivity index (χ0n) is 7.49. The summed E-state index contributed by atoms with van der Waals surface area (Å²) in [6, 6.07) is 0. The number of primary amides is 2. The normalized spacial score (nSPS) is 7.85. The fourth-order valence-electron chi connectivity index (χ4n) is 0.172. The molecule has 0 bridgehead atoms. The summed E-state index contributed by atoms with van der Waals surface area (Å²) >= 11 is 0. The summed E-state index contributed by atoms with van der Waals surface area (Å²) < 4.78 is 0. The van der Waals surface area contributed by atoms with Gasteiger partial charge in [-0.2, -0.15) is 0 Å². The van der Waals surface area contributed by atoms with Gasteiger partial charge in [0.2, 0.25) is 11.8 Å². The van der Waals surface area contributed by atoms with Crippen molar-refractivity contribution in [3.63, 3.8) is 0 Å². The average Bonchev–Trinajstić information content (AvgIpc) is 1.84. The fourth-order valence-corrected chi connectivity index (χ4v) is 0.172. The molecule has 0 aromatic carbocycles. The summed E-state index contributed by atoms with van der Waals surface area (Å²) in [6.07, 6.45) is -0.361. The highest BCUT2D eigenvalue weighted by Crippen LogP contribution is 1.68. The Labute approximate surface area is 75.3 Å². The molecule has 0 saturated heterocycles. The number of ketones is 2. The molecule has 0 unspecified atom stereocenters. The highest BCUT2D eigenvalue weighted by Gasteiger charge is 1.96. The molecule has 0 atom stereocenters. The van der Waals surface area contributed by atoms with E-state index in [0.29, 0.717) is 0 Å². The zero-order chi connectivity index (χ0) is 11.0. The van der Waals surface area contributed by atoms with E-state index in [1.165, 1.54) is 13.8 Å². The Morgan fingerprint density at radius 3 is 1.08 bits per heavy atom. The summed E-state index contributed by atoms with van der Waals surface area (Å²) in [5.41, 5.74) is 9.11. The first kappa shape index (κ1) is 13.8. The van der Waals surface area contributed by atoms with E-state index in [1.54, 1.807) is 0 Å². The Hall–Kier alpha value is -1.72. The van der Waals surface area contributed by atoms with Gasteiger partial charge in [-0.15, -0.1) is 0 Å². The largest absolute Gasteiger partial charge is 0.369 e. The van der Waals surface area contributed by atoms with Crippen molar-refractivity contribution in [2.75, 3.05) is 0 Å². The van der Waals surface area contributed by atoms with Crippen LogP contribution < -0.4 is 11.5 Å². The smallest absolute Gasteiger partial charge is 0.226 e. The topological polar surface area (TPSA) is 120 Å². The van der Waals surface area contributed by atoms with Crippen molar-refractivity contribution >= 4 is 23.4 Å². The number of nitrogens with two attached hydrogens (primary N) is 2. The second kappa shape index (κ2) is 6.96. The lowest BCUT2D eigenvalue weighted by atomic mass is 10.3. The molecule has 0 spiro atoms. The third-order valence-electron chi connectivity index (χ3n) is 0.844. The maximum absolute atomic E-state index is 9.79. The summed E-state index contributed by atoms with van der Waals surface area (Å²) in [5, 5.41) is 0. The molecule has 0 aliphatic rings. The van der Waals surface area contributed by atoms with Crippen molar-refractivity contribution < 1.29 is 19.2 Å². The van der Waals surface area contributed by atoms with Gasteiger partial charge in [0.05, 0.1) is 0 Å². The number of rotatable bonds is 3. The van der Waals surface area contributed by atoms with Crippen LogP contribution in [-0.4, -0.2) is 23.4 Å². The monoisotopic (exact) mass is 188 g/mol. The Bertz CT molecular complexity index is 211. The number of hydrogen-bond donors (Lipinski definition) is 2. The van der Waals surface area contributed by atoms with Crippen LogP contribution in [0.3, 0.4) is 0 Å². The van der Waals surface area contributed by atoms with Crippen molar-refractivity contribution in [3.8, 4) is 0 Å². The van der Waals surface area contributed by atoms with Gasteiger partial charge in [0.15, 0.2) is 11.6 Å². The second-order valence-electron chi connectivity index (χ2n) is 2.22. The van der Waals surface area contributed by atoms with Gasteiger partial charge in [-0.1, -0.05) is 0 Å². The van der Waals surface area contributed by atoms with E-state index in [1.807, 2.05) is 0 Å². The number of carbonyl (C=O) groups is 4. The molecule has 0 aliphatic carbocycles. The maximum Gasteiger partial charge on any atom is 0.226 e. The Morgan fingerprint density at radius 1 is 0.846 bits per heavy atom. The van der Waals surface area contributed by atoms with Crippen LogP contribution in [0.2, 0.25) is 0 Å². The van der Waals surface area contributed by atoms with E-state index in [-0.39, 0.29) is 18.0 Å². The molecule has 0 saturated carbocycles. The van der Waals surface area contributed by atoms with Crippen molar-refractivity contribution in [3.05, 3.63) is 0 Å². The van der Waals surface area contributed by atoms with E-state index >= 15 is 0 Å². The van der Waals surface area contributed by atoms with Gasteiger partial charge in [-0.25, -0.2) is 0 Å². The SMILES string of the molecule is CC(=O)C(C)=O.NC(=O)CC(N)=O. The van der Waals surface area contributed by atoms with Crippen molar-refractivity contribution in [1.82, 2.24) is 0 Å². The molecule has 0 radical (unpaired) electrons. The average molecular weight is 188 g/mol. The summed E-state index contributed by atoms with van der Waals surface area (Å²) in [4.78, 5) is 39.1. The summed E-state index contributed by atoms with van der Waals surface area (Å²) in [6.45, 7) is 2.50. The van der Waals surface area contributed by atoms with Gasteiger partial charge in [0.25, 0.3) is 0 Å². The molecule has 6 nitrogen and oxygen atoms in total. The molecule has 4 N–H and O–H groups in total. The van der Waals surface area contributed by atoms with Gasteiger partial charge < -0.3 is 11.5 Å². The van der Waals surface area contributed by atoms with Gasteiger partial charge >= 0.3 is 0 Å². The van der Waals surface area contributed by atoms with Crippen LogP contribution in [0.1, 0.15) is 20.3 Å². The van der Waals surface area contributed by atoms with Crippen molar-refractivity contribution in [2.24, 2.45) is 11.5 Å². The predicted octanol–water partition coefficient (Wildman–Crippen LogP) is -1.49. The van der Waals surface area contributed by atoms with Crippen LogP contribution in [0, 0.1) is 0 Å². The standard InChI is InChI=1S/C4H6O2.C3H6N2O2/c1-3(5)4(2)6;4-2(6)1-3(5)7/h1-2H3;1H2,(H2,4,6)(H2,5,7). The van der Waals surface area contributed by atoms with Gasteiger partial charge in [0.1, 0.15) is 6.42 Å². The van der Waals surface area contributed by atoms with Crippen LogP contribution >= 0.6 is 0 Å². The van der Waals surface area contributed by atoms with Gasteiger partial charge in [0, 0.05) is 13.8 Å². The number of amides is 2. The molecule has 0 fully saturated rings. The highest BCUT2D eigenvalue weighted by atomic mass is 16.2. The van der Waals surface area contributed by atoms with E-state index in [4.69, 9.17) is 0 Å². The van der Waals surface area contributed by atoms with Gasteiger partial charge in [-0.3, -0.25) is 19.2 Å². The Balaban J connectivity index is 0. The Morgan fingerprint density at radius 2 is 1.08 bits per heavy atom. The van der Waals surface area contributed by atoms with E-state index in [9.17, 15) is 19.2 Å². The van der Waals surface area contributed by atoms with Crippen LogP contribution in [0.15, 0.2) is 0 Å². The minimum absolute atomic E-state index is 0.361. The number of carbonyl (C=O) groups excluding carboxylic acids is 4. The molecule has 6 heteroatoms. The Kier molecular flexibility index (Phi) is 7.41. The number of Topliss-reactive ketones (excluding diaryl/α,β-unsaturated/α-hetero) is 2. The molecule has 13 heavy (non-hydrogen) atoms. The first-order valence-corrected chi connectivity index (χ1v) is 3.35. The summed E-state index contributed by atoms with van der Waals surface area (Å²) in [5.74, 6) is -2.13.